The number of imidazole rings is 1. The van der Waals surface area contributed by atoms with Crippen molar-refractivity contribution in [1.82, 2.24) is 14.5 Å². The Morgan fingerprint density at radius 3 is 2.03 bits per heavy atom. The van der Waals surface area contributed by atoms with Crippen LogP contribution in [0.25, 0.3) is 11.0 Å². The van der Waals surface area contributed by atoms with Gasteiger partial charge in [-0.2, -0.15) is 4.39 Å². The van der Waals surface area contributed by atoms with E-state index in [1.807, 2.05) is 55.2 Å². The summed E-state index contributed by atoms with van der Waals surface area (Å²) in [5.74, 6) is 1.13. The maximum Gasteiger partial charge on any atom is 0.213 e. The van der Waals surface area contributed by atoms with Crippen LogP contribution in [-0.4, -0.2) is 28.8 Å². The van der Waals surface area contributed by atoms with E-state index < -0.39 is 5.95 Å². The summed E-state index contributed by atoms with van der Waals surface area (Å²) in [6.45, 7) is 3.17. The Labute approximate surface area is 221 Å². The third kappa shape index (κ3) is 5.39. The second-order valence-corrected chi connectivity index (χ2v) is 9.22. The van der Waals surface area contributed by atoms with Gasteiger partial charge in [-0.05, 0) is 66.1 Å². The highest BCUT2D eigenvalue weighted by Crippen LogP contribution is 2.34. The second kappa shape index (κ2) is 10.8. The van der Waals surface area contributed by atoms with Gasteiger partial charge in [0.15, 0.2) is 0 Å². The Morgan fingerprint density at radius 2 is 1.47 bits per heavy atom. The Morgan fingerprint density at radius 1 is 0.868 bits per heavy atom. The van der Waals surface area contributed by atoms with Crippen LogP contribution in [0.4, 0.5) is 21.5 Å². The van der Waals surface area contributed by atoms with Gasteiger partial charge in [-0.1, -0.05) is 24.3 Å². The number of nitrogens with one attached hydrogen (secondary N) is 1. The van der Waals surface area contributed by atoms with E-state index in [9.17, 15) is 4.39 Å². The van der Waals surface area contributed by atoms with E-state index in [0.29, 0.717) is 13.1 Å². The van der Waals surface area contributed by atoms with Gasteiger partial charge in [-0.15, -0.1) is 0 Å². The predicted molar refractivity (Wildman–Crippen MR) is 149 cm³/mol. The molecule has 5 aromatic rings. The summed E-state index contributed by atoms with van der Waals surface area (Å²) >= 11 is 0. The molecule has 0 unspecified atom stereocenters. The molecule has 3 aromatic carbocycles. The molecule has 0 radical (unpaired) electrons. The topological polar surface area (TPSA) is 64.4 Å². The first kappa shape index (κ1) is 25.1. The number of hydrogen-bond donors (Lipinski definition) is 1. The number of nitrogens with zero attached hydrogens (tertiary/aromatic N) is 4. The van der Waals surface area contributed by atoms with Crippen LogP contribution in [0.2, 0.25) is 0 Å². The Balaban J connectivity index is 1.58. The van der Waals surface area contributed by atoms with Gasteiger partial charge in [0.25, 0.3) is 0 Å². The largest absolute Gasteiger partial charge is 0.497 e. The van der Waals surface area contributed by atoms with Crippen LogP contribution in [-0.2, 0) is 20.1 Å². The first-order chi connectivity index (χ1) is 18.4. The van der Waals surface area contributed by atoms with E-state index >= 15 is 0 Å². The van der Waals surface area contributed by atoms with E-state index in [-0.39, 0.29) is 0 Å². The van der Waals surface area contributed by atoms with Gasteiger partial charge in [0.2, 0.25) is 5.95 Å². The number of ether oxygens (including phenoxy) is 2. The molecule has 2 aromatic heterocycles. The highest BCUT2D eigenvalue weighted by Gasteiger charge is 2.17. The number of pyridine rings is 1. The number of hydrogen-bond acceptors (Lipinski definition) is 6. The molecule has 1 N–H and O–H groups in total. The predicted octanol–water partition coefficient (Wildman–Crippen LogP) is 6.38. The molecule has 0 spiro atoms. The summed E-state index contributed by atoms with van der Waals surface area (Å²) in [6, 6.07) is 21.7. The highest BCUT2D eigenvalue weighted by atomic mass is 19.1. The van der Waals surface area contributed by atoms with Crippen LogP contribution >= 0.6 is 0 Å². The number of aromatic nitrogens is 3. The lowest BCUT2D eigenvalue weighted by Gasteiger charge is -2.27. The fraction of sp³-hybridized carbons (Fsp3) is 0.200. The van der Waals surface area contributed by atoms with Crippen LogP contribution in [0.5, 0.6) is 11.5 Å². The average Bonchev–Trinajstić information content (AvgIpc) is 3.30. The number of fused-ring (bicyclic) bond motifs is 1. The summed E-state index contributed by atoms with van der Waals surface area (Å²) in [6.07, 6.45) is 3.34. The standard InChI is InChI=1S/C30H30FN5O2/c1-20-13-29(31)32-16-26(20)34-23-14-27-30(33-19-35(27)2)28(15-23)36(17-21-5-9-24(37-3)10-6-21)18-22-7-11-25(38-4)12-8-22/h5-16,19,34H,17-18H2,1-4H3. The van der Waals surface area contributed by atoms with Crippen molar-refractivity contribution < 1.29 is 13.9 Å². The fourth-order valence-corrected chi connectivity index (χ4v) is 4.46. The molecule has 7 nitrogen and oxygen atoms in total. The van der Waals surface area contributed by atoms with Crippen LogP contribution in [0, 0.1) is 12.9 Å². The van der Waals surface area contributed by atoms with Crippen molar-refractivity contribution in [1.29, 1.82) is 0 Å². The first-order valence-electron chi connectivity index (χ1n) is 12.3. The quantitative estimate of drug-likeness (QED) is 0.232. The van der Waals surface area contributed by atoms with E-state index in [0.717, 1.165) is 56.3 Å². The molecular weight excluding hydrogens is 481 g/mol. The van der Waals surface area contributed by atoms with E-state index in [1.165, 1.54) is 12.3 Å². The Kier molecular flexibility index (Phi) is 7.13. The molecule has 0 fully saturated rings. The van der Waals surface area contributed by atoms with Gasteiger partial charge in [0.05, 0.1) is 43.6 Å². The van der Waals surface area contributed by atoms with Crippen molar-refractivity contribution in [3.8, 4) is 11.5 Å². The van der Waals surface area contributed by atoms with Crippen molar-refractivity contribution in [2.45, 2.75) is 20.0 Å². The number of methoxy groups -OCH3 is 2. The number of rotatable bonds is 9. The van der Waals surface area contributed by atoms with Crippen LogP contribution in [0.15, 0.2) is 79.3 Å². The van der Waals surface area contributed by atoms with Gasteiger partial charge in [-0.25, -0.2) is 9.97 Å². The minimum atomic E-state index is -0.499. The third-order valence-electron chi connectivity index (χ3n) is 6.57. The zero-order valence-electron chi connectivity index (χ0n) is 21.9. The molecule has 0 saturated heterocycles. The molecule has 0 amide bonds. The van der Waals surface area contributed by atoms with Gasteiger partial charge in [-0.3, -0.25) is 0 Å². The van der Waals surface area contributed by atoms with E-state index in [1.54, 1.807) is 14.2 Å². The summed E-state index contributed by atoms with van der Waals surface area (Å²) < 4.78 is 26.3. The smallest absolute Gasteiger partial charge is 0.213 e. The molecule has 0 saturated carbocycles. The zero-order valence-corrected chi connectivity index (χ0v) is 21.9. The van der Waals surface area contributed by atoms with E-state index in [4.69, 9.17) is 14.5 Å². The highest BCUT2D eigenvalue weighted by molar-refractivity contribution is 5.93. The monoisotopic (exact) mass is 511 g/mol. The van der Waals surface area contributed by atoms with Crippen molar-refractivity contribution in [3.05, 3.63) is 102 Å². The Bertz CT molecular complexity index is 1500. The number of halogens is 1. The van der Waals surface area contributed by atoms with Crippen molar-refractivity contribution >= 4 is 28.1 Å². The molecule has 194 valence electrons. The molecule has 38 heavy (non-hydrogen) atoms. The maximum atomic E-state index is 13.6. The summed E-state index contributed by atoms with van der Waals surface area (Å²) in [5, 5.41) is 3.43. The molecule has 0 atom stereocenters. The van der Waals surface area contributed by atoms with Crippen LogP contribution in [0.1, 0.15) is 16.7 Å². The van der Waals surface area contributed by atoms with Crippen molar-refractivity contribution in [3.63, 3.8) is 0 Å². The van der Waals surface area contributed by atoms with E-state index in [2.05, 4.69) is 45.5 Å². The first-order valence-corrected chi connectivity index (χ1v) is 12.3. The van der Waals surface area contributed by atoms with Gasteiger partial charge in [0.1, 0.15) is 17.0 Å². The molecule has 0 aliphatic rings. The van der Waals surface area contributed by atoms with Gasteiger partial charge >= 0.3 is 0 Å². The Hall–Kier alpha value is -4.59. The molecule has 0 bridgehead atoms. The lowest BCUT2D eigenvalue weighted by Crippen LogP contribution is -2.22. The molecular formula is C30H30FN5O2. The summed E-state index contributed by atoms with van der Waals surface area (Å²) in [7, 11) is 5.31. The molecule has 5 rings (SSSR count). The zero-order chi connectivity index (χ0) is 26.6. The molecule has 0 aliphatic heterocycles. The van der Waals surface area contributed by atoms with Crippen LogP contribution in [0.3, 0.4) is 0 Å². The number of aryl methyl sites for hydroxylation is 2. The number of anilines is 3. The van der Waals surface area contributed by atoms with Crippen molar-refractivity contribution in [2.75, 3.05) is 24.4 Å². The molecule has 0 aliphatic carbocycles. The third-order valence-corrected chi connectivity index (χ3v) is 6.57. The fourth-order valence-electron chi connectivity index (χ4n) is 4.46. The minimum Gasteiger partial charge on any atom is -0.497 e. The molecule has 2 heterocycles. The lowest BCUT2D eigenvalue weighted by molar-refractivity contribution is 0.414. The van der Waals surface area contributed by atoms with Gasteiger partial charge in [0, 0.05) is 25.8 Å². The molecule has 8 heteroatoms. The average molecular weight is 512 g/mol. The van der Waals surface area contributed by atoms with Crippen molar-refractivity contribution in [2.24, 2.45) is 7.05 Å². The second-order valence-electron chi connectivity index (χ2n) is 9.22. The van der Waals surface area contributed by atoms with Crippen LogP contribution < -0.4 is 19.7 Å². The SMILES string of the molecule is COc1ccc(CN(Cc2ccc(OC)cc2)c2cc(Nc3cnc(F)cc3C)cc3c2ncn3C)cc1. The minimum absolute atomic E-state index is 0.499. The summed E-state index contributed by atoms with van der Waals surface area (Å²) in [4.78, 5) is 10.9. The maximum absolute atomic E-state index is 13.6. The lowest BCUT2D eigenvalue weighted by atomic mass is 10.1. The van der Waals surface area contributed by atoms with Gasteiger partial charge < -0.3 is 24.3 Å². The number of benzene rings is 3. The normalized spacial score (nSPS) is 11.0. The summed E-state index contributed by atoms with van der Waals surface area (Å²) in [5.41, 5.74) is 7.52.